The second-order valence-electron chi connectivity index (χ2n) is 14.1. The number of fused-ring (bicyclic) bond motifs is 3. The lowest BCUT2D eigenvalue weighted by Gasteiger charge is -2.26. The van der Waals surface area contributed by atoms with Crippen molar-refractivity contribution < 1.29 is 9.53 Å². The van der Waals surface area contributed by atoms with E-state index in [-0.39, 0.29) is 16.9 Å². The first-order valence-corrected chi connectivity index (χ1v) is 17.6. The number of anilines is 1. The summed E-state index contributed by atoms with van der Waals surface area (Å²) in [7, 11) is 2.14. The summed E-state index contributed by atoms with van der Waals surface area (Å²) in [6.07, 6.45) is 15.4. The lowest BCUT2D eigenvalue weighted by molar-refractivity contribution is 0.0949. The van der Waals surface area contributed by atoms with Crippen molar-refractivity contribution in [2.45, 2.75) is 83.6 Å². The van der Waals surface area contributed by atoms with Gasteiger partial charge in [0.2, 0.25) is 5.43 Å². The van der Waals surface area contributed by atoms with Gasteiger partial charge in [-0.1, -0.05) is 69.7 Å². The summed E-state index contributed by atoms with van der Waals surface area (Å²) in [6.45, 7) is 4.89. The molecule has 2 aliphatic heterocycles. The van der Waals surface area contributed by atoms with E-state index >= 15 is 0 Å². The monoisotopic (exact) mass is 620 g/mol. The van der Waals surface area contributed by atoms with Gasteiger partial charge in [-0.05, 0) is 92.6 Å². The predicted molar refractivity (Wildman–Crippen MR) is 188 cm³/mol. The number of aromatic nitrogens is 1. The van der Waals surface area contributed by atoms with E-state index in [9.17, 15) is 9.59 Å². The molecule has 1 saturated carbocycles. The molecular weight excluding hydrogens is 572 g/mol. The van der Waals surface area contributed by atoms with Crippen molar-refractivity contribution in [3.05, 3.63) is 70.5 Å². The van der Waals surface area contributed by atoms with Crippen LogP contribution >= 0.6 is 0 Å². The van der Waals surface area contributed by atoms with Gasteiger partial charge in [-0.2, -0.15) is 0 Å². The van der Waals surface area contributed by atoms with Crippen molar-refractivity contribution in [1.82, 2.24) is 14.8 Å². The predicted octanol–water partition coefficient (Wildman–Crippen LogP) is 8.26. The Hall–Kier alpha value is -3.84. The topological polar surface area (TPSA) is 75.6 Å². The molecule has 7 heteroatoms. The number of carbonyl (C=O) groups excluding carboxylic acids is 1. The normalized spacial score (nSPS) is 21.4. The molecule has 0 radical (unpaired) electrons. The first-order chi connectivity index (χ1) is 22.5. The Labute approximate surface area is 272 Å². The van der Waals surface area contributed by atoms with Gasteiger partial charge in [0.25, 0.3) is 5.91 Å². The molecule has 1 unspecified atom stereocenters. The lowest BCUT2D eigenvalue weighted by Crippen LogP contribution is -2.34. The molecule has 242 valence electrons. The van der Waals surface area contributed by atoms with Crippen LogP contribution < -0.4 is 20.8 Å². The largest absolute Gasteiger partial charge is 0.451 e. The molecule has 3 heterocycles. The highest BCUT2D eigenvalue weighted by molar-refractivity contribution is 6.01. The van der Waals surface area contributed by atoms with Crippen molar-refractivity contribution in [2.24, 2.45) is 11.8 Å². The van der Waals surface area contributed by atoms with Gasteiger partial charge in [0, 0.05) is 25.3 Å². The Morgan fingerprint density at radius 1 is 0.935 bits per heavy atom. The molecule has 1 amide bonds. The van der Waals surface area contributed by atoms with Crippen molar-refractivity contribution >= 4 is 33.3 Å². The number of nitrogens with one attached hydrogen (secondary N) is 2. The molecule has 2 N–H and O–H groups in total. The van der Waals surface area contributed by atoms with E-state index in [0.717, 1.165) is 66.3 Å². The van der Waals surface area contributed by atoms with Crippen LogP contribution in [0.5, 0.6) is 11.5 Å². The number of amides is 1. The smallest absolute Gasteiger partial charge is 0.256 e. The maximum Gasteiger partial charge on any atom is 0.256 e. The molecule has 1 atom stereocenters. The summed E-state index contributed by atoms with van der Waals surface area (Å²) in [4.78, 5) is 29.7. The SMILES string of the molecule is CC1CCCC(CCCNc2ccc3c(=O)c(C(=O)NCCC4CCCN4C)cn4c3c2Oc2cc3ccccc3cc2-4)CCC1. The van der Waals surface area contributed by atoms with E-state index in [1.54, 1.807) is 6.20 Å². The van der Waals surface area contributed by atoms with E-state index in [2.05, 4.69) is 53.8 Å². The second kappa shape index (κ2) is 13.5. The van der Waals surface area contributed by atoms with Crippen molar-refractivity contribution in [2.75, 3.05) is 32.0 Å². The Kier molecular flexibility index (Phi) is 9.03. The summed E-state index contributed by atoms with van der Waals surface area (Å²) >= 11 is 0. The highest BCUT2D eigenvalue weighted by Gasteiger charge is 2.27. The van der Waals surface area contributed by atoms with E-state index in [0.29, 0.717) is 35.0 Å². The Morgan fingerprint density at radius 2 is 1.72 bits per heavy atom. The van der Waals surface area contributed by atoms with Gasteiger partial charge >= 0.3 is 0 Å². The molecule has 7 rings (SSSR count). The third-order valence-electron chi connectivity index (χ3n) is 10.8. The number of nitrogens with zero attached hydrogens (tertiary/aromatic N) is 2. The molecule has 3 aromatic carbocycles. The van der Waals surface area contributed by atoms with Gasteiger partial charge in [0.15, 0.2) is 11.5 Å². The number of rotatable bonds is 9. The summed E-state index contributed by atoms with van der Waals surface area (Å²) in [6, 6.07) is 16.6. The van der Waals surface area contributed by atoms with Gasteiger partial charge in [-0.3, -0.25) is 9.59 Å². The van der Waals surface area contributed by atoms with Crippen LogP contribution in [0.2, 0.25) is 0 Å². The zero-order valence-corrected chi connectivity index (χ0v) is 27.4. The van der Waals surface area contributed by atoms with Crippen LogP contribution in [0.1, 0.15) is 87.9 Å². The molecule has 7 nitrogen and oxygen atoms in total. The van der Waals surface area contributed by atoms with E-state index < -0.39 is 0 Å². The standard InChI is InChI=1S/C39H48N4O3/c1-26-9-5-11-27(12-6-10-26)13-7-20-40-33-18-17-31-36-38(33)46-35-24-29-15-4-3-14-28(29)23-34(35)43(36)25-32(37(31)44)39(45)41-21-19-30-16-8-22-42(30)2/h3-4,14-15,17-18,23-27,30,40H,5-13,16,19-22H2,1-2H3,(H,41,45). The molecule has 0 bridgehead atoms. The van der Waals surface area contributed by atoms with Crippen LogP contribution in [0.4, 0.5) is 5.69 Å². The number of likely N-dealkylation sites (tertiary alicyclic amines) is 1. The van der Waals surface area contributed by atoms with Crippen LogP contribution in [0.3, 0.4) is 0 Å². The minimum Gasteiger partial charge on any atom is -0.451 e. The lowest BCUT2D eigenvalue weighted by atomic mass is 9.84. The van der Waals surface area contributed by atoms with E-state index in [1.807, 2.05) is 28.8 Å². The van der Waals surface area contributed by atoms with Crippen LogP contribution in [0.25, 0.3) is 27.4 Å². The first-order valence-electron chi connectivity index (χ1n) is 17.6. The summed E-state index contributed by atoms with van der Waals surface area (Å²) < 4.78 is 8.63. The average Bonchev–Trinajstić information content (AvgIpc) is 3.46. The van der Waals surface area contributed by atoms with Crippen molar-refractivity contribution in [1.29, 1.82) is 0 Å². The van der Waals surface area contributed by atoms with Crippen molar-refractivity contribution in [3.8, 4) is 17.2 Å². The van der Waals surface area contributed by atoms with E-state index in [1.165, 1.54) is 51.4 Å². The van der Waals surface area contributed by atoms with E-state index in [4.69, 9.17) is 4.74 Å². The molecule has 3 aliphatic rings. The number of hydrogen-bond acceptors (Lipinski definition) is 5. The molecule has 1 aromatic heterocycles. The molecule has 0 spiro atoms. The Balaban J connectivity index is 1.17. The van der Waals surface area contributed by atoms with Crippen LogP contribution in [0, 0.1) is 11.8 Å². The molecule has 46 heavy (non-hydrogen) atoms. The minimum absolute atomic E-state index is 0.161. The van der Waals surface area contributed by atoms with Gasteiger partial charge < -0.3 is 24.8 Å². The fourth-order valence-electron chi connectivity index (χ4n) is 8.07. The highest BCUT2D eigenvalue weighted by atomic mass is 16.5. The number of hydrogen-bond donors (Lipinski definition) is 2. The van der Waals surface area contributed by atoms with Crippen LogP contribution in [0.15, 0.2) is 59.5 Å². The third kappa shape index (κ3) is 6.26. The fourth-order valence-corrected chi connectivity index (χ4v) is 8.07. The zero-order chi connectivity index (χ0) is 31.6. The summed E-state index contributed by atoms with van der Waals surface area (Å²) in [5, 5.41) is 9.35. The quantitative estimate of drug-likeness (QED) is 0.162. The van der Waals surface area contributed by atoms with Gasteiger partial charge in [-0.25, -0.2) is 0 Å². The first kappa shape index (κ1) is 30.8. The van der Waals surface area contributed by atoms with Gasteiger partial charge in [-0.15, -0.1) is 0 Å². The number of carbonyl (C=O) groups is 1. The molecule has 4 aromatic rings. The molecule has 1 saturated heterocycles. The Bertz CT molecular complexity index is 1790. The minimum atomic E-state index is -0.322. The molecule has 2 fully saturated rings. The number of ether oxygens (including phenoxy) is 1. The average molecular weight is 621 g/mol. The molecule has 1 aliphatic carbocycles. The third-order valence-corrected chi connectivity index (χ3v) is 10.8. The van der Waals surface area contributed by atoms with Gasteiger partial charge in [0.05, 0.1) is 16.8 Å². The van der Waals surface area contributed by atoms with Crippen LogP contribution in [-0.2, 0) is 0 Å². The highest BCUT2D eigenvalue weighted by Crippen LogP contribution is 2.45. The fraction of sp³-hybridized carbons (Fsp3) is 0.487. The maximum absolute atomic E-state index is 13.9. The van der Waals surface area contributed by atoms with Crippen LogP contribution in [-0.4, -0.2) is 48.1 Å². The zero-order valence-electron chi connectivity index (χ0n) is 27.4. The summed E-state index contributed by atoms with van der Waals surface area (Å²) in [5.41, 5.74) is 2.31. The number of pyridine rings is 1. The maximum atomic E-state index is 13.9. The van der Waals surface area contributed by atoms with Crippen molar-refractivity contribution in [3.63, 3.8) is 0 Å². The molecular formula is C39H48N4O3. The number of benzene rings is 3. The van der Waals surface area contributed by atoms with Gasteiger partial charge in [0.1, 0.15) is 11.1 Å². The summed E-state index contributed by atoms with van der Waals surface area (Å²) in [5.74, 6) is 2.73. The Morgan fingerprint density at radius 3 is 2.48 bits per heavy atom. The second-order valence-corrected chi connectivity index (χ2v) is 14.1.